The molecule has 0 aliphatic heterocycles. The molecule has 3 heteroatoms. The van der Waals surface area contributed by atoms with Crippen molar-refractivity contribution >= 4 is 11.6 Å². The highest BCUT2D eigenvalue weighted by atomic mass is 35.5. The number of methoxy groups -OCH3 is 1. The van der Waals surface area contributed by atoms with Crippen LogP contribution in [0.15, 0.2) is 42.5 Å². The van der Waals surface area contributed by atoms with Gasteiger partial charge in [-0.3, -0.25) is 0 Å². The summed E-state index contributed by atoms with van der Waals surface area (Å²) in [5.74, 6) is 0.699. The van der Waals surface area contributed by atoms with Crippen molar-refractivity contribution in [1.29, 1.82) is 0 Å². The molecule has 100 valence electrons. The predicted octanol–water partition coefficient (Wildman–Crippen LogP) is 3.97. The Kier molecular flexibility index (Phi) is 4.46. The topological polar surface area (TPSA) is 21.3 Å². The van der Waals surface area contributed by atoms with E-state index in [9.17, 15) is 0 Å². The van der Waals surface area contributed by atoms with Crippen molar-refractivity contribution in [2.24, 2.45) is 0 Å². The maximum absolute atomic E-state index is 6.20. The molecule has 0 aliphatic rings. The van der Waals surface area contributed by atoms with E-state index in [2.05, 4.69) is 36.5 Å². The fourth-order valence-electron chi connectivity index (χ4n) is 2.24. The standard InChI is InChI=1S/C16H18ClNO/c1-11-5-4-6-12(9-11)16(18-2)13-7-8-15(19-3)14(17)10-13/h4-10,16,18H,1-3H3. The monoisotopic (exact) mass is 275 g/mol. The van der Waals surface area contributed by atoms with Crippen LogP contribution in [0.1, 0.15) is 22.7 Å². The molecule has 0 radical (unpaired) electrons. The number of hydrogen-bond acceptors (Lipinski definition) is 2. The molecule has 0 saturated heterocycles. The average Bonchev–Trinajstić information content (AvgIpc) is 2.40. The summed E-state index contributed by atoms with van der Waals surface area (Å²) in [5.41, 5.74) is 3.60. The van der Waals surface area contributed by atoms with E-state index in [4.69, 9.17) is 16.3 Å². The van der Waals surface area contributed by atoms with Gasteiger partial charge in [-0.1, -0.05) is 47.5 Å². The lowest BCUT2D eigenvalue weighted by molar-refractivity contribution is 0.414. The first kappa shape index (κ1) is 13.9. The van der Waals surface area contributed by atoms with Gasteiger partial charge in [0.25, 0.3) is 0 Å². The quantitative estimate of drug-likeness (QED) is 0.912. The highest BCUT2D eigenvalue weighted by Crippen LogP contribution is 2.30. The number of ether oxygens (including phenoxy) is 1. The average molecular weight is 276 g/mol. The molecule has 1 atom stereocenters. The van der Waals surface area contributed by atoms with Gasteiger partial charge in [0.05, 0.1) is 18.2 Å². The molecule has 0 spiro atoms. The van der Waals surface area contributed by atoms with Crippen molar-refractivity contribution in [2.45, 2.75) is 13.0 Å². The van der Waals surface area contributed by atoms with Crippen molar-refractivity contribution in [3.8, 4) is 5.75 Å². The first-order chi connectivity index (χ1) is 9.15. The second kappa shape index (κ2) is 6.09. The van der Waals surface area contributed by atoms with Crippen molar-refractivity contribution in [1.82, 2.24) is 5.32 Å². The van der Waals surface area contributed by atoms with E-state index < -0.39 is 0 Å². The zero-order valence-electron chi connectivity index (χ0n) is 11.4. The van der Waals surface area contributed by atoms with E-state index in [0.717, 1.165) is 5.56 Å². The van der Waals surface area contributed by atoms with Crippen molar-refractivity contribution < 1.29 is 4.74 Å². The fourth-order valence-corrected chi connectivity index (χ4v) is 2.50. The summed E-state index contributed by atoms with van der Waals surface area (Å²) in [6.45, 7) is 2.09. The Balaban J connectivity index is 2.39. The summed E-state index contributed by atoms with van der Waals surface area (Å²) in [6.07, 6.45) is 0. The molecule has 2 nitrogen and oxygen atoms in total. The number of nitrogens with one attached hydrogen (secondary N) is 1. The second-order valence-corrected chi connectivity index (χ2v) is 4.94. The van der Waals surface area contributed by atoms with Crippen LogP contribution >= 0.6 is 11.6 Å². The van der Waals surface area contributed by atoms with Crippen LogP contribution in [-0.2, 0) is 0 Å². The smallest absolute Gasteiger partial charge is 0.137 e. The van der Waals surface area contributed by atoms with E-state index in [0.29, 0.717) is 10.8 Å². The molecule has 0 amide bonds. The third-order valence-electron chi connectivity index (χ3n) is 3.17. The van der Waals surface area contributed by atoms with Crippen LogP contribution in [0, 0.1) is 6.92 Å². The van der Waals surface area contributed by atoms with Crippen LogP contribution in [0.3, 0.4) is 0 Å². The lowest BCUT2D eigenvalue weighted by Gasteiger charge is -2.18. The first-order valence-corrected chi connectivity index (χ1v) is 6.60. The largest absolute Gasteiger partial charge is 0.495 e. The van der Waals surface area contributed by atoms with Crippen molar-refractivity contribution in [3.63, 3.8) is 0 Å². The third-order valence-corrected chi connectivity index (χ3v) is 3.47. The molecule has 2 rings (SSSR count). The van der Waals surface area contributed by atoms with Gasteiger partial charge in [-0.15, -0.1) is 0 Å². The van der Waals surface area contributed by atoms with Gasteiger partial charge >= 0.3 is 0 Å². The Morgan fingerprint density at radius 2 is 1.84 bits per heavy atom. The normalized spacial score (nSPS) is 12.2. The maximum atomic E-state index is 6.20. The zero-order valence-corrected chi connectivity index (χ0v) is 12.2. The van der Waals surface area contributed by atoms with E-state index >= 15 is 0 Å². The summed E-state index contributed by atoms with van der Waals surface area (Å²) in [7, 11) is 3.57. The molecule has 0 fully saturated rings. The number of rotatable bonds is 4. The molecule has 2 aromatic carbocycles. The SMILES string of the molecule is CNC(c1cccc(C)c1)c1ccc(OC)c(Cl)c1. The van der Waals surface area contributed by atoms with Gasteiger partial charge in [0, 0.05) is 0 Å². The van der Waals surface area contributed by atoms with E-state index in [1.54, 1.807) is 7.11 Å². The summed E-state index contributed by atoms with van der Waals surface area (Å²) < 4.78 is 5.19. The summed E-state index contributed by atoms with van der Waals surface area (Å²) in [5, 5.41) is 3.96. The van der Waals surface area contributed by atoms with Crippen LogP contribution in [0.5, 0.6) is 5.75 Å². The zero-order chi connectivity index (χ0) is 13.8. The minimum absolute atomic E-state index is 0.128. The number of halogens is 1. The third kappa shape index (κ3) is 3.09. The predicted molar refractivity (Wildman–Crippen MR) is 80.1 cm³/mol. The lowest BCUT2D eigenvalue weighted by atomic mass is 9.97. The Morgan fingerprint density at radius 3 is 2.42 bits per heavy atom. The Labute approximate surface area is 119 Å². The van der Waals surface area contributed by atoms with Crippen molar-refractivity contribution in [2.75, 3.05) is 14.2 Å². The van der Waals surface area contributed by atoms with Gasteiger partial charge in [0.2, 0.25) is 0 Å². The van der Waals surface area contributed by atoms with Gasteiger partial charge in [0.1, 0.15) is 5.75 Å². The minimum atomic E-state index is 0.128. The summed E-state index contributed by atoms with van der Waals surface area (Å²) in [4.78, 5) is 0. The molecule has 1 N–H and O–H groups in total. The number of hydrogen-bond donors (Lipinski definition) is 1. The molecule has 0 aromatic heterocycles. The Bertz CT molecular complexity index is 568. The second-order valence-electron chi connectivity index (χ2n) is 4.53. The molecule has 0 saturated carbocycles. The van der Waals surface area contributed by atoms with Gasteiger partial charge in [0.15, 0.2) is 0 Å². The van der Waals surface area contributed by atoms with Crippen LogP contribution < -0.4 is 10.1 Å². The number of benzene rings is 2. The Morgan fingerprint density at radius 1 is 1.11 bits per heavy atom. The molecular formula is C16H18ClNO. The van der Waals surface area contributed by atoms with Gasteiger partial charge in [-0.25, -0.2) is 0 Å². The van der Waals surface area contributed by atoms with Crippen LogP contribution in [-0.4, -0.2) is 14.2 Å². The van der Waals surface area contributed by atoms with Gasteiger partial charge in [-0.2, -0.15) is 0 Å². The van der Waals surface area contributed by atoms with E-state index in [-0.39, 0.29) is 6.04 Å². The van der Waals surface area contributed by atoms with E-state index in [1.165, 1.54) is 11.1 Å². The first-order valence-electron chi connectivity index (χ1n) is 6.23. The molecule has 0 bridgehead atoms. The molecule has 2 aromatic rings. The minimum Gasteiger partial charge on any atom is -0.495 e. The molecule has 0 heterocycles. The van der Waals surface area contributed by atoms with Crippen LogP contribution in [0.25, 0.3) is 0 Å². The highest BCUT2D eigenvalue weighted by Gasteiger charge is 2.13. The molecular weight excluding hydrogens is 258 g/mol. The summed E-state index contributed by atoms with van der Waals surface area (Å²) >= 11 is 6.20. The van der Waals surface area contributed by atoms with Crippen LogP contribution in [0.4, 0.5) is 0 Å². The molecule has 1 unspecified atom stereocenters. The fraction of sp³-hybridized carbons (Fsp3) is 0.250. The van der Waals surface area contributed by atoms with Gasteiger partial charge in [-0.05, 0) is 37.2 Å². The highest BCUT2D eigenvalue weighted by molar-refractivity contribution is 6.32. The number of aryl methyl sites for hydroxylation is 1. The molecule has 0 aliphatic carbocycles. The van der Waals surface area contributed by atoms with E-state index in [1.807, 2.05) is 25.2 Å². The van der Waals surface area contributed by atoms with Gasteiger partial charge < -0.3 is 10.1 Å². The van der Waals surface area contributed by atoms with Crippen LogP contribution in [0.2, 0.25) is 5.02 Å². The molecule has 19 heavy (non-hydrogen) atoms. The summed E-state index contributed by atoms with van der Waals surface area (Å²) in [6, 6.07) is 14.5. The van der Waals surface area contributed by atoms with Crippen molar-refractivity contribution in [3.05, 3.63) is 64.2 Å². The lowest BCUT2D eigenvalue weighted by Crippen LogP contribution is -2.17. The maximum Gasteiger partial charge on any atom is 0.137 e. The Hall–Kier alpha value is -1.51.